The van der Waals surface area contributed by atoms with Gasteiger partial charge in [-0.15, -0.1) is 0 Å². The topological polar surface area (TPSA) is 50.2 Å². The molecule has 4 aromatic rings. The summed E-state index contributed by atoms with van der Waals surface area (Å²) in [5.74, 6) is -0.356. The monoisotopic (exact) mass is 279 g/mol. The highest BCUT2D eigenvalue weighted by Crippen LogP contribution is 2.20. The Morgan fingerprint density at radius 1 is 1.10 bits per heavy atom. The van der Waals surface area contributed by atoms with Crippen LogP contribution >= 0.6 is 0 Å². The maximum atomic E-state index is 13.5. The SMILES string of the molecule is O=c1[nH]c2ccc(F)cc2n2cc(-c3ccccc3)nc12. The second kappa shape index (κ2) is 4.28. The largest absolute Gasteiger partial charge is 0.317 e. The Morgan fingerprint density at radius 2 is 1.90 bits per heavy atom. The Balaban J connectivity index is 2.11. The lowest BCUT2D eigenvalue weighted by Gasteiger charge is -2.01. The number of benzene rings is 2. The molecular formula is C16H10FN3O. The molecule has 0 unspecified atom stereocenters. The smallest absolute Gasteiger partial charge is 0.292 e. The standard InChI is InChI=1S/C16H10FN3O/c17-11-6-7-12-14(8-11)20-9-13(10-4-2-1-3-5-10)18-15(20)16(21)19-12/h1-9H,(H,19,21). The van der Waals surface area contributed by atoms with Gasteiger partial charge in [0.15, 0.2) is 0 Å². The highest BCUT2D eigenvalue weighted by molar-refractivity contribution is 5.78. The fourth-order valence-corrected chi connectivity index (χ4v) is 2.46. The van der Waals surface area contributed by atoms with Gasteiger partial charge in [-0.2, -0.15) is 0 Å². The van der Waals surface area contributed by atoms with E-state index in [9.17, 15) is 9.18 Å². The van der Waals surface area contributed by atoms with Gasteiger partial charge in [0.1, 0.15) is 5.82 Å². The summed E-state index contributed by atoms with van der Waals surface area (Å²) in [6, 6.07) is 13.8. The Hall–Kier alpha value is -2.95. The van der Waals surface area contributed by atoms with Crippen LogP contribution in [0.4, 0.5) is 4.39 Å². The second-order valence-corrected chi connectivity index (χ2v) is 4.80. The number of aromatic nitrogens is 3. The molecule has 2 aromatic heterocycles. The molecule has 2 aromatic carbocycles. The minimum Gasteiger partial charge on any atom is -0.317 e. The van der Waals surface area contributed by atoms with Crippen molar-refractivity contribution >= 4 is 16.7 Å². The summed E-state index contributed by atoms with van der Waals surface area (Å²) >= 11 is 0. The van der Waals surface area contributed by atoms with E-state index < -0.39 is 0 Å². The van der Waals surface area contributed by atoms with Gasteiger partial charge in [0.05, 0.1) is 16.7 Å². The van der Waals surface area contributed by atoms with E-state index in [4.69, 9.17) is 0 Å². The molecule has 0 aliphatic carbocycles. The van der Waals surface area contributed by atoms with Crippen LogP contribution < -0.4 is 5.56 Å². The lowest BCUT2D eigenvalue weighted by atomic mass is 10.2. The van der Waals surface area contributed by atoms with Crippen molar-refractivity contribution in [3.05, 3.63) is 70.9 Å². The highest BCUT2D eigenvalue weighted by atomic mass is 19.1. The predicted molar refractivity (Wildman–Crippen MR) is 78.7 cm³/mol. The number of hydrogen-bond donors (Lipinski definition) is 1. The molecule has 0 spiro atoms. The zero-order valence-electron chi connectivity index (χ0n) is 10.9. The van der Waals surface area contributed by atoms with Crippen LogP contribution in [0.1, 0.15) is 0 Å². The van der Waals surface area contributed by atoms with Crippen molar-refractivity contribution in [1.82, 2.24) is 14.4 Å². The van der Waals surface area contributed by atoms with E-state index in [0.717, 1.165) is 5.56 Å². The van der Waals surface area contributed by atoms with Crippen molar-refractivity contribution in [2.45, 2.75) is 0 Å². The number of nitrogens with one attached hydrogen (secondary N) is 1. The van der Waals surface area contributed by atoms with Crippen LogP contribution in [0.3, 0.4) is 0 Å². The van der Waals surface area contributed by atoms with Crippen molar-refractivity contribution in [2.75, 3.05) is 0 Å². The van der Waals surface area contributed by atoms with Crippen LogP contribution in [0.25, 0.3) is 27.9 Å². The molecule has 0 radical (unpaired) electrons. The zero-order chi connectivity index (χ0) is 14.4. The first kappa shape index (κ1) is 11.8. The van der Waals surface area contributed by atoms with Gasteiger partial charge in [-0.25, -0.2) is 9.37 Å². The molecule has 0 saturated heterocycles. The maximum Gasteiger partial charge on any atom is 0.292 e. The van der Waals surface area contributed by atoms with Crippen molar-refractivity contribution in [1.29, 1.82) is 0 Å². The Bertz CT molecular complexity index is 1020. The van der Waals surface area contributed by atoms with Crippen molar-refractivity contribution < 1.29 is 4.39 Å². The maximum absolute atomic E-state index is 13.5. The molecule has 4 rings (SSSR count). The number of H-pyrrole nitrogens is 1. The third kappa shape index (κ3) is 1.82. The first-order valence-corrected chi connectivity index (χ1v) is 6.48. The van der Waals surface area contributed by atoms with E-state index in [0.29, 0.717) is 16.7 Å². The molecule has 1 N–H and O–H groups in total. The molecule has 0 saturated carbocycles. The van der Waals surface area contributed by atoms with Crippen molar-refractivity contribution in [2.24, 2.45) is 0 Å². The summed E-state index contributed by atoms with van der Waals surface area (Å²) in [7, 11) is 0. The summed E-state index contributed by atoms with van der Waals surface area (Å²) in [5, 5.41) is 0. The van der Waals surface area contributed by atoms with Crippen LogP contribution in [0, 0.1) is 5.82 Å². The molecule has 0 aliphatic heterocycles. The molecule has 5 heteroatoms. The Kier molecular flexibility index (Phi) is 2.41. The molecule has 0 bridgehead atoms. The van der Waals surface area contributed by atoms with Gasteiger partial charge in [0.25, 0.3) is 5.56 Å². The van der Waals surface area contributed by atoms with Gasteiger partial charge < -0.3 is 4.98 Å². The number of imidazole rings is 1. The fraction of sp³-hybridized carbons (Fsp3) is 0. The summed E-state index contributed by atoms with van der Waals surface area (Å²) in [5.41, 5.74) is 2.71. The summed E-state index contributed by atoms with van der Waals surface area (Å²) < 4.78 is 15.1. The number of halogens is 1. The van der Waals surface area contributed by atoms with Crippen molar-refractivity contribution in [3.63, 3.8) is 0 Å². The van der Waals surface area contributed by atoms with E-state index in [2.05, 4.69) is 9.97 Å². The van der Waals surface area contributed by atoms with Crippen LogP contribution in [-0.4, -0.2) is 14.4 Å². The Morgan fingerprint density at radius 3 is 2.71 bits per heavy atom. The predicted octanol–water partition coefficient (Wildman–Crippen LogP) is 2.98. The minimum absolute atomic E-state index is 0.256. The Labute approximate surface area is 118 Å². The van der Waals surface area contributed by atoms with Gasteiger partial charge >= 0.3 is 0 Å². The summed E-state index contributed by atoms with van der Waals surface area (Å²) in [6.45, 7) is 0. The van der Waals surface area contributed by atoms with Crippen LogP contribution in [0.15, 0.2) is 59.5 Å². The molecule has 0 amide bonds. The van der Waals surface area contributed by atoms with E-state index >= 15 is 0 Å². The van der Waals surface area contributed by atoms with Gasteiger partial charge in [-0.3, -0.25) is 9.20 Å². The average Bonchev–Trinajstić information content (AvgIpc) is 2.95. The number of hydrogen-bond acceptors (Lipinski definition) is 2. The second-order valence-electron chi connectivity index (χ2n) is 4.80. The molecule has 2 heterocycles. The number of aromatic amines is 1. The molecule has 21 heavy (non-hydrogen) atoms. The van der Waals surface area contributed by atoms with Gasteiger partial charge in [-0.05, 0) is 12.1 Å². The minimum atomic E-state index is -0.356. The van der Waals surface area contributed by atoms with Crippen LogP contribution in [0.2, 0.25) is 0 Å². The molecule has 4 nitrogen and oxygen atoms in total. The first-order chi connectivity index (χ1) is 10.2. The van der Waals surface area contributed by atoms with Crippen LogP contribution in [0.5, 0.6) is 0 Å². The number of rotatable bonds is 1. The summed E-state index contributed by atoms with van der Waals surface area (Å²) in [4.78, 5) is 19.2. The highest BCUT2D eigenvalue weighted by Gasteiger charge is 2.10. The normalized spacial score (nSPS) is 11.3. The van der Waals surface area contributed by atoms with Gasteiger partial charge in [0.2, 0.25) is 5.65 Å². The first-order valence-electron chi connectivity index (χ1n) is 6.48. The van der Waals surface area contributed by atoms with Gasteiger partial charge in [0, 0.05) is 17.8 Å². The van der Waals surface area contributed by atoms with E-state index in [-0.39, 0.29) is 17.0 Å². The third-order valence-corrected chi connectivity index (χ3v) is 3.45. The molecule has 0 aliphatic rings. The lowest BCUT2D eigenvalue weighted by Crippen LogP contribution is -2.10. The van der Waals surface area contributed by atoms with Crippen LogP contribution in [-0.2, 0) is 0 Å². The third-order valence-electron chi connectivity index (χ3n) is 3.45. The summed E-state index contributed by atoms with van der Waals surface area (Å²) in [6.07, 6.45) is 1.75. The molecule has 0 fully saturated rings. The molecule has 0 atom stereocenters. The fourth-order valence-electron chi connectivity index (χ4n) is 2.46. The number of nitrogens with zero attached hydrogens (tertiary/aromatic N) is 2. The molecule has 102 valence electrons. The van der Waals surface area contributed by atoms with E-state index in [1.165, 1.54) is 12.1 Å². The number of fused-ring (bicyclic) bond motifs is 3. The van der Waals surface area contributed by atoms with E-state index in [1.807, 2.05) is 30.3 Å². The van der Waals surface area contributed by atoms with Gasteiger partial charge in [-0.1, -0.05) is 30.3 Å². The van der Waals surface area contributed by atoms with E-state index in [1.54, 1.807) is 16.7 Å². The lowest BCUT2D eigenvalue weighted by molar-refractivity contribution is 0.629. The van der Waals surface area contributed by atoms with Crippen molar-refractivity contribution in [3.8, 4) is 11.3 Å². The average molecular weight is 279 g/mol. The quantitative estimate of drug-likeness (QED) is 0.582. The zero-order valence-corrected chi connectivity index (χ0v) is 10.9. The molecular weight excluding hydrogens is 269 g/mol.